The van der Waals surface area contributed by atoms with E-state index in [0.717, 1.165) is 0 Å². The molecule has 122 valence electrons. The maximum atomic E-state index is 11.5. The highest BCUT2D eigenvalue weighted by molar-refractivity contribution is 6.15. The summed E-state index contributed by atoms with van der Waals surface area (Å²) in [6.45, 7) is 0. The molecule has 0 unspecified atom stereocenters. The Morgan fingerprint density at radius 3 is 1.75 bits per heavy atom. The van der Waals surface area contributed by atoms with Crippen molar-refractivity contribution in [3.8, 4) is 11.4 Å². The smallest absolute Gasteiger partial charge is 0.355 e. The SMILES string of the molecule is O=C(O)c1nc(-c2ccccn2)c(C(=O)O)c(C(=O)O)c1C(=O)O. The Kier molecular flexibility index (Phi) is 4.22. The first-order valence-electron chi connectivity index (χ1n) is 6.18. The fourth-order valence-corrected chi connectivity index (χ4v) is 2.06. The molecule has 0 atom stereocenters. The second kappa shape index (κ2) is 6.12. The number of carboxylic acid groups (broad SMARTS) is 4. The Hall–Kier alpha value is -3.82. The summed E-state index contributed by atoms with van der Waals surface area (Å²) in [6.07, 6.45) is 1.26. The standard InChI is InChI=1S/C14H8N2O8/c17-11(18)6-7(12(19)20)9(5-3-1-2-4-15-5)16-10(14(23)24)8(6)13(21)22/h1-4H,(H,17,18)(H,19,20)(H,21,22)(H,23,24). The molecule has 2 aromatic heterocycles. The average molecular weight is 332 g/mol. The van der Waals surface area contributed by atoms with E-state index >= 15 is 0 Å². The van der Waals surface area contributed by atoms with Crippen LogP contribution >= 0.6 is 0 Å². The number of aromatic carboxylic acids is 4. The third kappa shape index (κ3) is 2.75. The molecule has 24 heavy (non-hydrogen) atoms. The normalized spacial score (nSPS) is 10.2. The summed E-state index contributed by atoms with van der Waals surface area (Å²) in [5.74, 6) is -7.43. The van der Waals surface area contributed by atoms with Crippen molar-refractivity contribution in [2.75, 3.05) is 0 Å². The first kappa shape index (κ1) is 16.5. The molecule has 0 bridgehead atoms. The highest BCUT2D eigenvalue weighted by atomic mass is 16.4. The van der Waals surface area contributed by atoms with E-state index < -0.39 is 52.0 Å². The highest BCUT2D eigenvalue weighted by Crippen LogP contribution is 2.28. The zero-order chi connectivity index (χ0) is 18.0. The molecule has 0 aliphatic carbocycles. The molecule has 2 rings (SSSR count). The van der Waals surface area contributed by atoms with E-state index in [-0.39, 0.29) is 5.69 Å². The molecular formula is C14H8N2O8. The van der Waals surface area contributed by atoms with Gasteiger partial charge in [0.05, 0.1) is 11.3 Å². The van der Waals surface area contributed by atoms with Gasteiger partial charge in [0.15, 0.2) is 5.69 Å². The van der Waals surface area contributed by atoms with E-state index in [1.165, 1.54) is 24.4 Å². The third-order valence-electron chi connectivity index (χ3n) is 2.95. The first-order valence-corrected chi connectivity index (χ1v) is 6.18. The maximum absolute atomic E-state index is 11.5. The lowest BCUT2D eigenvalue weighted by molar-refractivity contribution is 0.0616. The van der Waals surface area contributed by atoms with Crippen molar-refractivity contribution in [2.24, 2.45) is 0 Å². The van der Waals surface area contributed by atoms with Crippen molar-refractivity contribution in [2.45, 2.75) is 0 Å². The van der Waals surface area contributed by atoms with Gasteiger partial charge in [-0.2, -0.15) is 0 Å². The molecule has 10 nitrogen and oxygen atoms in total. The molecule has 0 aliphatic heterocycles. The van der Waals surface area contributed by atoms with Crippen LogP contribution in [0.5, 0.6) is 0 Å². The number of hydrogen-bond acceptors (Lipinski definition) is 6. The molecule has 0 fully saturated rings. The van der Waals surface area contributed by atoms with Crippen LogP contribution in [-0.4, -0.2) is 54.3 Å². The lowest BCUT2D eigenvalue weighted by Crippen LogP contribution is -2.22. The van der Waals surface area contributed by atoms with Gasteiger partial charge in [-0.1, -0.05) is 6.07 Å². The Morgan fingerprint density at radius 1 is 0.750 bits per heavy atom. The molecule has 2 heterocycles. The number of carbonyl (C=O) groups is 4. The van der Waals surface area contributed by atoms with Gasteiger partial charge in [0.2, 0.25) is 0 Å². The number of hydrogen-bond donors (Lipinski definition) is 4. The van der Waals surface area contributed by atoms with Gasteiger partial charge in [0.25, 0.3) is 0 Å². The van der Waals surface area contributed by atoms with Crippen LogP contribution in [0.3, 0.4) is 0 Å². The molecule has 0 aromatic carbocycles. The summed E-state index contributed by atoms with van der Waals surface area (Å²) in [4.78, 5) is 52.9. The minimum Gasteiger partial charge on any atom is -0.478 e. The predicted octanol–water partition coefficient (Wildman–Crippen LogP) is 0.936. The van der Waals surface area contributed by atoms with Crippen molar-refractivity contribution < 1.29 is 39.6 Å². The lowest BCUT2D eigenvalue weighted by atomic mass is 9.96. The highest BCUT2D eigenvalue weighted by Gasteiger charge is 2.34. The Balaban J connectivity index is 3.06. The fourth-order valence-electron chi connectivity index (χ4n) is 2.06. The van der Waals surface area contributed by atoms with Gasteiger partial charge in [-0.05, 0) is 12.1 Å². The van der Waals surface area contributed by atoms with Crippen molar-refractivity contribution in [1.82, 2.24) is 9.97 Å². The average Bonchev–Trinajstić information content (AvgIpc) is 2.53. The summed E-state index contributed by atoms with van der Waals surface area (Å²) in [5.41, 5.74) is -5.11. The van der Waals surface area contributed by atoms with E-state index in [2.05, 4.69) is 9.97 Å². The van der Waals surface area contributed by atoms with Crippen LogP contribution in [0.2, 0.25) is 0 Å². The monoisotopic (exact) mass is 332 g/mol. The van der Waals surface area contributed by atoms with Crippen molar-refractivity contribution in [3.05, 3.63) is 46.8 Å². The number of aromatic nitrogens is 2. The van der Waals surface area contributed by atoms with Crippen LogP contribution in [0.4, 0.5) is 0 Å². The van der Waals surface area contributed by atoms with Crippen LogP contribution in [-0.2, 0) is 0 Å². The van der Waals surface area contributed by atoms with E-state index in [0.29, 0.717) is 0 Å². The van der Waals surface area contributed by atoms with E-state index in [4.69, 9.17) is 10.2 Å². The number of rotatable bonds is 5. The van der Waals surface area contributed by atoms with Gasteiger partial charge >= 0.3 is 23.9 Å². The Morgan fingerprint density at radius 2 is 1.33 bits per heavy atom. The molecule has 0 saturated carbocycles. The molecule has 4 N–H and O–H groups in total. The second-order valence-electron chi connectivity index (χ2n) is 4.37. The molecular weight excluding hydrogens is 324 g/mol. The molecule has 0 spiro atoms. The largest absolute Gasteiger partial charge is 0.478 e. The molecule has 2 aromatic rings. The summed E-state index contributed by atoms with van der Waals surface area (Å²) in [7, 11) is 0. The van der Waals surface area contributed by atoms with Crippen LogP contribution in [0.25, 0.3) is 11.4 Å². The Bertz CT molecular complexity index is 876. The van der Waals surface area contributed by atoms with Crippen LogP contribution in [0, 0.1) is 0 Å². The van der Waals surface area contributed by atoms with Crippen LogP contribution < -0.4 is 0 Å². The number of pyridine rings is 2. The quantitative estimate of drug-likeness (QED) is 0.616. The van der Waals surface area contributed by atoms with Gasteiger partial charge in [-0.25, -0.2) is 24.2 Å². The van der Waals surface area contributed by atoms with Crippen LogP contribution in [0.1, 0.15) is 41.6 Å². The summed E-state index contributed by atoms with van der Waals surface area (Å²) < 4.78 is 0. The molecule has 10 heteroatoms. The maximum Gasteiger partial charge on any atom is 0.355 e. The predicted molar refractivity (Wildman–Crippen MR) is 75.3 cm³/mol. The molecule has 0 aliphatic rings. The zero-order valence-corrected chi connectivity index (χ0v) is 11.6. The van der Waals surface area contributed by atoms with Crippen molar-refractivity contribution in [1.29, 1.82) is 0 Å². The van der Waals surface area contributed by atoms with Gasteiger partial charge in [-0.3, -0.25) is 4.98 Å². The fraction of sp³-hybridized carbons (Fsp3) is 0. The van der Waals surface area contributed by atoms with Crippen LogP contribution in [0.15, 0.2) is 24.4 Å². The van der Waals surface area contributed by atoms with Gasteiger partial charge in [0.1, 0.15) is 16.8 Å². The molecule has 0 radical (unpaired) electrons. The Labute approximate surface area is 132 Å². The van der Waals surface area contributed by atoms with Gasteiger partial charge in [0, 0.05) is 6.20 Å². The minimum atomic E-state index is -1.92. The summed E-state index contributed by atoms with van der Waals surface area (Å²) in [5, 5.41) is 36.8. The third-order valence-corrected chi connectivity index (χ3v) is 2.95. The first-order chi connectivity index (χ1) is 11.3. The van der Waals surface area contributed by atoms with Crippen molar-refractivity contribution in [3.63, 3.8) is 0 Å². The molecule has 0 amide bonds. The van der Waals surface area contributed by atoms with E-state index in [1.54, 1.807) is 0 Å². The minimum absolute atomic E-state index is 0.114. The van der Waals surface area contributed by atoms with E-state index in [9.17, 15) is 29.4 Å². The number of nitrogens with zero attached hydrogens (tertiary/aromatic N) is 2. The number of carboxylic acids is 4. The summed E-state index contributed by atoms with van der Waals surface area (Å²) >= 11 is 0. The van der Waals surface area contributed by atoms with Gasteiger partial charge < -0.3 is 20.4 Å². The lowest BCUT2D eigenvalue weighted by Gasteiger charge is -2.13. The zero-order valence-electron chi connectivity index (χ0n) is 11.6. The van der Waals surface area contributed by atoms with E-state index in [1.807, 2.05) is 0 Å². The van der Waals surface area contributed by atoms with Gasteiger partial charge in [-0.15, -0.1) is 0 Å². The topological polar surface area (TPSA) is 175 Å². The molecule has 0 saturated heterocycles. The second-order valence-corrected chi connectivity index (χ2v) is 4.37. The summed E-state index contributed by atoms with van der Waals surface area (Å²) in [6, 6.07) is 4.22. The van der Waals surface area contributed by atoms with Crippen molar-refractivity contribution >= 4 is 23.9 Å².